The molecule has 1 aromatic carbocycles. The number of aromatic nitrogens is 1. The first kappa shape index (κ1) is 22.4. The number of hydrogen-bond donors (Lipinski definition) is 0. The van der Waals surface area contributed by atoms with Crippen LogP contribution < -0.4 is 4.74 Å². The first-order valence-electron chi connectivity index (χ1n) is 9.49. The zero-order chi connectivity index (χ0) is 23.5. The fourth-order valence-electron chi connectivity index (χ4n) is 3.77. The van der Waals surface area contributed by atoms with Gasteiger partial charge in [-0.3, -0.25) is 4.98 Å². The molecule has 3 aromatic rings. The van der Waals surface area contributed by atoms with Crippen LogP contribution in [0, 0.1) is 13.8 Å². The zero-order valence-corrected chi connectivity index (χ0v) is 18.0. The summed E-state index contributed by atoms with van der Waals surface area (Å²) in [6, 6.07) is 10.7. The number of allylic oxidation sites excluding steroid dienone is 2. The van der Waals surface area contributed by atoms with Crippen molar-refractivity contribution in [1.82, 2.24) is 4.98 Å². The third-order valence-electron chi connectivity index (χ3n) is 5.47. The Morgan fingerprint density at radius 3 is 2.09 bits per heavy atom. The lowest BCUT2D eigenvalue weighted by Crippen LogP contribution is -2.49. The van der Waals surface area contributed by atoms with Crippen molar-refractivity contribution in [2.75, 3.05) is 7.11 Å². The largest absolute Gasteiger partial charge is 0.497 e. The minimum atomic E-state index is -5.61. The van der Waals surface area contributed by atoms with Crippen LogP contribution in [0.15, 0.2) is 48.7 Å². The molecule has 0 radical (unpaired) electrons. The molecule has 0 aliphatic heterocycles. The molecule has 1 aliphatic rings. The second-order valence-corrected chi connectivity index (χ2v) is 8.71. The summed E-state index contributed by atoms with van der Waals surface area (Å²) in [7, 11) is 1.48. The van der Waals surface area contributed by atoms with Gasteiger partial charge in [0.1, 0.15) is 5.75 Å². The van der Waals surface area contributed by atoms with Crippen molar-refractivity contribution in [1.29, 1.82) is 0 Å². The molecule has 168 valence electrons. The molecule has 1 aliphatic carbocycles. The van der Waals surface area contributed by atoms with Crippen molar-refractivity contribution < 1.29 is 31.1 Å². The molecule has 0 saturated carbocycles. The Bertz CT molecular complexity index is 1210. The molecule has 0 bridgehead atoms. The molecule has 2 heterocycles. The van der Waals surface area contributed by atoms with E-state index in [2.05, 4.69) is 4.98 Å². The SMILES string of the molecule is COc1ccc(-c2cc(C3=C(c4ncccc4C)C(F)(F)C(F)(F)C3(F)F)c(C)s2)cc1. The van der Waals surface area contributed by atoms with Gasteiger partial charge >= 0.3 is 17.8 Å². The fourth-order valence-corrected chi connectivity index (χ4v) is 4.80. The number of halogens is 6. The molecule has 0 N–H and O–H groups in total. The van der Waals surface area contributed by atoms with Crippen molar-refractivity contribution in [3.63, 3.8) is 0 Å². The van der Waals surface area contributed by atoms with E-state index >= 15 is 0 Å². The highest BCUT2D eigenvalue weighted by atomic mass is 32.1. The van der Waals surface area contributed by atoms with Crippen LogP contribution in [0.1, 0.15) is 21.7 Å². The van der Waals surface area contributed by atoms with Crippen LogP contribution in [0.25, 0.3) is 21.6 Å². The van der Waals surface area contributed by atoms with Crippen LogP contribution in [-0.2, 0) is 0 Å². The highest BCUT2D eigenvalue weighted by Gasteiger charge is 2.80. The number of hydrogen-bond acceptors (Lipinski definition) is 3. The van der Waals surface area contributed by atoms with E-state index in [4.69, 9.17) is 4.74 Å². The predicted octanol–water partition coefficient (Wildman–Crippen LogP) is 7.27. The Morgan fingerprint density at radius 2 is 1.50 bits per heavy atom. The van der Waals surface area contributed by atoms with Gasteiger partial charge in [-0.05, 0) is 66.9 Å². The number of nitrogens with zero attached hydrogens (tertiary/aromatic N) is 1. The van der Waals surface area contributed by atoms with E-state index in [0.717, 1.165) is 17.5 Å². The minimum absolute atomic E-state index is 0.0939. The number of benzene rings is 1. The highest BCUT2D eigenvalue weighted by molar-refractivity contribution is 7.15. The number of thiophene rings is 1. The molecule has 4 rings (SSSR count). The average molecular weight is 469 g/mol. The number of ether oxygens (including phenoxy) is 1. The molecular formula is C23H17F6NOS. The van der Waals surface area contributed by atoms with Crippen LogP contribution in [0.2, 0.25) is 0 Å². The van der Waals surface area contributed by atoms with Gasteiger partial charge in [-0.25, -0.2) is 0 Å². The molecule has 0 saturated heterocycles. The Hall–Kier alpha value is -2.81. The summed E-state index contributed by atoms with van der Waals surface area (Å²) in [5, 5.41) is 0. The van der Waals surface area contributed by atoms with Gasteiger partial charge in [0.15, 0.2) is 0 Å². The molecule has 32 heavy (non-hydrogen) atoms. The summed E-state index contributed by atoms with van der Waals surface area (Å²) in [4.78, 5) is 4.45. The summed E-state index contributed by atoms with van der Waals surface area (Å²) in [6.07, 6.45) is 1.11. The van der Waals surface area contributed by atoms with Crippen molar-refractivity contribution in [3.05, 3.63) is 70.4 Å². The number of pyridine rings is 1. The second-order valence-electron chi connectivity index (χ2n) is 7.45. The first-order valence-corrected chi connectivity index (χ1v) is 10.3. The molecule has 0 fully saturated rings. The quantitative estimate of drug-likeness (QED) is 0.375. The summed E-state index contributed by atoms with van der Waals surface area (Å²) >= 11 is 1.05. The van der Waals surface area contributed by atoms with Crippen molar-refractivity contribution in [3.8, 4) is 16.2 Å². The number of rotatable bonds is 4. The van der Waals surface area contributed by atoms with E-state index in [0.29, 0.717) is 16.2 Å². The standard InChI is InChI=1S/C23H17F6NOS/c1-12-5-4-10-30-20(12)19-18(21(24,25)23(28,29)22(19,26)27)16-11-17(32-13(16)2)14-6-8-15(31-3)9-7-14/h4-11H,1-3H3. The van der Waals surface area contributed by atoms with Gasteiger partial charge in [0, 0.05) is 21.5 Å². The van der Waals surface area contributed by atoms with Gasteiger partial charge < -0.3 is 4.74 Å². The summed E-state index contributed by atoms with van der Waals surface area (Å²) in [6.45, 7) is 2.80. The topological polar surface area (TPSA) is 22.1 Å². The van der Waals surface area contributed by atoms with Gasteiger partial charge in [-0.15, -0.1) is 11.3 Å². The third-order valence-corrected chi connectivity index (χ3v) is 6.57. The molecule has 2 aromatic heterocycles. The Labute approximate surface area is 184 Å². The van der Waals surface area contributed by atoms with Crippen LogP contribution in [0.3, 0.4) is 0 Å². The molecular weight excluding hydrogens is 452 g/mol. The summed E-state index contributed by atoms with van der Waals surface area (Å²) < 4.78 is 93.8. The van der Waals surface area contributed by atoms with Gasteiger partial charge in [-0.1, -0.05) is 6.07 Å². The van der Waals surface area contributed by atoms with E-state index in [1.54, 1.807) is 24.3 Å². The number of methoxy groups -OCH3 is 1. The lowest BCUT2D eigenvalue weighted by Gasteiger charge is -2.25. The average Bonchev–Trinajstić information content (AvgIpc) is 3.16. The van der Waals surface area contributed by atoms with Gasteiger partial charge in [-0.2, -0.15) is 26.3 Å². The lowest BCUT2D eigenvalue weighted by molar-refractivity contribution is -0.254. The lowest BCUT2D eigenvalue weighted by atomic mass is 9.95. The van der Waals surface area contributed by atoms with Crippen LogP contribution in [0.5, 0.6) is 5.75 Å². The normalized spacial score (nSPS) is 18.8. The molecule has 9 heteroatoms. The summed E-state index contributed by atoms with van der Waals surface area (Å²) in [5.41, 5.74) is -3.03. The summed E-state index contributed by atoms with van der Waals surface area (Å²) in [5.74, 6) is -15.2. The molecule has 0 amide bonds. The Morgan fingerprint density at radius 1 is 0.875 bits per heavy atom. The molecule has 2 nitrogen and oxygen atoms in total. The van der Waals surface area contributed by atoms with Crippen LogP contribution in [-0.4, -0.2) is 29.9 Å². The molecule has 0 spiro atoms. The highest BCUT2D eigenvalue weighted by Crippen LogP contribution is 2.65. The van der Waals surface area contributed by atoms with Gasteiger partial charge in [0.05, 0.1) is 18.4 Å². The maximum Gasteiger partial charge on any atom is 0.380 e. The van der Waals surface area contributed by atoms with E-state index in [-0.39, 0.29) is 16.0 Å². The monoisotopic (exact) mass is 469 g/mol. The zero-order valence-electron chi connectivity index (χ0n) is 17.2. The Kier molecular flexibility index (Phi) is 5.15. The Balaban J connectivity index is 1.99. The third kappa shape index (κ3) is 3.05. The first-order chi connectivity index (χ1) is 14.9. The second kappa shape index (κ2) is 7.37. The molecule has 0 unspecified atom stereocenters. The smallest absolute Gasteiger partial charge is 0.380 e. The minimum Gasteiger partial charge on any atom is -0.497 e. The predicted molar refractivity (Wildman–Crippen MR) is 112 cm³/mol. The number of alkyl halides is 6. The van der Waals surface area contributed by atoms with Crippen molar-refractivity contribution >= 4 is 22.5 Å². The van der Waals surface area contributed by atoms with Crippen molar-refractivity contribution in [2.45, 2.75) is 31.6 Å². The van der Waals surface area contributed by atoms with E-state index < -0.39 is 34.6 Å². The van der Waals surface area contributed by atoms with E-state index in [1.165, 1.54) is 39.2 Å². The van der Waals surface area contributed by atoms with E-state index in [1.807, 2.05) is 0 Å². The maximum atomic E-state index is 15.0. The van der Waals surface area contributed by atoms with Crippen molar-refractivity contribution in [2.24, 2.45) is 0 Å². The van der Waals surface area contributed by atoms with Gasteiger partial charge in [0.25, 0.3) is 0 Å². The molecule has 0 atom stereocenters. The maximum absolute atomic E-state index is 15.0. The number of aryl methyl sites for hydroxylation is 2. The van der Waals surface area contributed by atoms with E-state index in [9.17, 15) is 26.3 Å². The fraction of sp³-hybridized carbons (Fsp3) is 0.261. The van der Waals surface area contributed by atoms with Crippen LogP contribution in [0.4, 0.5) is 26.3 Å². The van der Waals surface area contributed by atoms with Crippen LogP contribution >= 0.6 is 11.3 Å². The van der Waals surface area contributed by atoms with Gasteiger partial charge in [0.2, 0.25) is 0 Å².